The molecule has 0 radical (unpaired) electrons. The molecule has 0 aromatic heterocycles. The second kappa shape index (κ2) is 9.43. The maximum absolute atomic E-state index is 12.8. The van der Waals surface area contributed by atoms with Gasteiger partial charge in [0, 0.05) is 10.5 Å². The minimum absolute atomic E-state index is 0.0149. The summed E-state index contributed by atoms with van der Waals surface area (Å²) in [5.74, 6) is -1.31. The van der Waals surface area contributed by atoms with Crippen molar-refractivity contribution in [2.75, 3.05) is 5.01 Å². The van der Waals surface area contributed by atoms with Crippen LogP contribution in [0.3, 0.4) is 0 Å². The Hall–Kier alpha value is -3.69. The fraction of sp³-hybridized carbons (Fsp3) is 0.0435. The van der Waals surface area contributed by atoms with Crippen LogP contribution < -0.4 is 15.2 Å². The second-order valence-electron chi connectivity index (χ2n) is 7.00. The van der Waals surface area contributed by atoms with Crippen molar-refractivity contribution in [1.82, 2.24) is 5.43 Å². The molecule has 0 spiro atoms. The van der Waals surface area contributed by atoms with E-state index in [9.17, 15) is 19.7 Å². The molecular formula is C23H15BrClN3O5. The van der Waals surface area contributed by atoms with Gasteiger partial charge in [0.15, 0.2) is 0 Å². The summed E-state index contributed by atoms with van der Waals surface area (Å²) >= 11 is 9.63. The minimum Gasteiger partial charge on any atom is -0.481 e. The lowest BCUT2D eigenvalue weighted by Crippen LogP contribution is -2.35. The lowest BCUT2D eigenvalue weighted by molar-refractivity contribution is -0.385. The van der Waals surface area contributed by atoms with E-state index in [1.54, 1.807) is 30.3 Å². The highest BCUT2D eigenvalue weighted by atomic mass is 79.9. The zero-order valence-corrected chi connectivity index (χ0v) is 19.2. The number of carbonyl (C=O) groups is 2. The first-order valence-corrected chi connectivity index (χ1v) is 10.8. The predicted molar refractivity (Wildman–Crippen MR) is 127 cm³/mol. The van der Waals surface area contributed by atoms with Crippen molar-refractivity contribution in [1.29, 1.82) is 0 Å². The molecule has 8 nitrogen and oxygen atoms in total. The van der Waals surface area contributed by atoms with E-state index in [0.29, 0.717) is 5.69 Å². The van der Waals surface area contributed by atoms with Crippen molar-refractivity contribution in [3.8, 4) is 5.75 Å². The first-order valence-electron chi connectivity index (χ1n) is 9.61. The van der Waals surface area contributed by atoms with E-state index in [0.717, 1.165) is 15.0 Å². The fourth-order valence-electron chi connectivity index (χ4n) is 3.18. The van der Waals surface area contributed by atoms with Crippen LogP contribution in [-0.4, -0.2) is 16.7 Å². The van der Waals surface area contributed by atoms with Crippen molar-refractivity contribution in [2.45, 2.75) is 6.61 Å². The van der Waals surface area contributed by atoms with E-state index >= 15 is 0 Å². The molecule has 166 valence electrons. The number of nitrogens with zero attached hydrogens (tertiary/aromatic N) is 2. The van der Waals surface area contributed by atoms with Crippen LogP contribution in [0.5, 0.6) is 5.75 Å². The molecule has 2 amide bonds. The van der Waals surface area contributed by atoms with E-state index in [4.69, 9.17) is 16.3 Å². The molecule has 0 atom stereocenters. The largest absolute Gasteiger partial charge is 0.481 e. The molecule has 1 N–H and O–H groups in total. The van der Waals surface area contributed by atoms with Gasteiger partial charge in [-0.1, -0.05) is 57.9 Å². The molecule has 3 aromatic carbocycles. The average molecular weight is 529 g/mol. The van der Waals surface area contributed by atoms with E-state index in [1.807, 2.05) is 24.3 Å². The van der Waals surface area contributed by atoms with Crippen LogP contribution >= 0.6 is 27.5 Å². The van der Waals surface area contributed by atoms with Gasteiger partial charge in [-0.05, 0) is 47.5 Å². The Morgan fingerprint density at radius 1 is 1.09 bits per heavy atom. The number of hydrogen-bond donors (Lipinski definition) is 1. The number of ether oxygens (including phenoxy) is 1. The number of rotatable bonds is 6. The van der Waals surface area contributed by atoms with Crippen molar-refractivity contribution in [3.63, 3.8) is 0 Å². The summed E-state index contributed by atoms with van der Waals surface area (Å²) in [6.45, 7) is 0.0706. The van der Waals surface area contributed by atoms with Crippen LogP contribution in [0, 0.1) is 10.1 Å². The van der Waals surface area contributed by atoms with Crippen molar-refractivity contribution >= 4 is 56.8 Å². The summed E-state index contributed by atoms with van der Waals surface area (Å²) in [7, 11) is 0. The third-order valence-electron chi connectivity index (χ3n) is 4.76. The summed E-state index contributed by atoms with van der Waals surface area (Å²) in [4.78, 5) is 36.2. The molecule has 4 rings (SSSR count). The number of para-hydroxylation sites is 1. The van der Waals surface area contributed by atoms with Gasteiger partial charge < -0.3 is 4.74 Å². The lowest BCUT2D eigenvalue weighted by Gasteiger charge is -2.13. The standard InChI is InChI=1S/C23H15BrClN3O5/c24-16-8-6-14(7-9-16)13-33-21-19(25)11-15(12-20(21)28(31)32)10-18-22(29)26-27(23(18)30)17-4-2-1-3-5-17/h1-12H,13H2,(H,26,29)/b18-10-. The van der Waals surface area contributed by atoms with Crippen molar-refractivity contribution < 1.29 is 19.2 Å². The SMILES string of the molecule is O=C1NN(c2ccccc2)C(=O)/C1=C\c1cc(Cl)c(OCc2ccc(Br)cc2)c([N+](=O)[O-])c1. The fourth-order valence-corrected chi connectivity index (χ4v) is 3.72. The molecule has 1 fully saturated rings. The van der Waals surface area contributed by atoms with Crippen LogP contribution in [0.15, 0.2) is 76.8 Å². The molecule has 1 aliphatic rings. The Morgan fingerprint density at radius 3 is 2.45 bits per heavy atom. The van der Waals surface area contributed by atoms with Gasteiger partial charge in [0.2, 0.25) is 5.75 Å². The second-order valence-corrected chi connectivity index (χ2v) is 8.32. The van der Waals surface area contributed by atoms with E-state index in [1.165, 1.54) is 18.2 Å². The first kappa shape index (κ1) is 22.5. The molecule has 0 saturated carbocycles. The number of anilines is 1. The Balaban J connectivity index is 1.63. The highest BCUT2D eigenvalue weighted by molar-refractivity contribution is 9.10. The molecule has 33 heavy (non-hydrogen) atoms. The number of nitro groups is 1. The van der Waals surface area contributed by atoms with Gasteiger partial charge in [-0.3, -0.25) is 25.1 Å². The number of carbonyl (C=O) groups excluding carboxylic acids is 2. The number of hydrazine groups is 1. The van der Waals surface area contributed by atoms with Gasteiger partial charge in [0.25, 0.3) is 11.8 Å². The van der Waals surface area contributed by atoms with Gasteiger partial charge in [-0.2, -0.15) is 0 Å². The van der Waals surface area contributed by atoms with Gasteiger partial charge in [0.1, 0.15) is 12.2 Å². The summed E-state index contributed by atoms with van der Waals surface area (Å²) < 4.78 is 6.53. The van der Waals surface area contributed by atoms with Crippen LogP contribution in [0.1, 0.15) is 11.1 Å². The number of hydrogen-bond acceptors (Lipinski definition) is 5. The first-order chi connectivity index (χ1) is 15.8. The topological polar surface area (TPSA) is 102 Å². The van der Waals surface area contributed by atoms with Gasteiger partial charge >= 0.3 is 5.69 Å². The molecule has 10 heteroatoms. The third-order valence-corrected chi connectivity index (χ3v) is 5.57. The zero-order chi connectivity index (χ0) is 23.5. The normalized spacial score (nSPS) is 14.5. The van der Waals surface area contributed by atoms with E-state index in [-0.39, 0.29) is 34.2 Å². The summed E-state index contributed by atoms with van der Waals surface area (Å²) in [6, 6.07) is 18.5. The van der Waals surface area contributed by atoms with Crippen LogP contribution in [0.4, 0.5) is 11.4 Å². The molecule has 0 unspecified atom stereocenters. The van der Waals surface area contributed by atoms with Crippen LogP contribution in [-0.2, 0) is 16.2 Å². The molecular weight excluding hydrogens is 514 g/mol. The van der Waals surface area contributed by atoms with Gasteiger partial charge in [-0.25, -0.2) is 5.01 Å². The van der Waals surface area contributed by atoms with Crippen molar-refractivity contribution in [2.24, 2.45) is 0 Å². The number of nitrogens with one attached hydrogen (secondary N) is 1. The zero-order valence-electron chi connectivity index (χ0n) is 16.8. The van der Waals surface area contributed by atoms with E-state index in [2.05, 4.69) is 21.4 Å². The number of amides is 2. The number of halogens is 2. The molecule has 1 saturated heterocycles. The minimum atomic E-state index is -0.627. The highest BCUT2D eigenvalue weighted by Crippen LogP contribution is 2.37. The van der Waals surface area contributed by atoms with Gasteiger partial charge in [-0.15, -0.1) is 0 Å². The molecule has 1 aliphatic heterocycles. The molecule has 3 aromatic rings. The molecule has 1 heterocycles. The average Bonchev–Trinajstić information content (AvgIpc) is 3.08. The third kappa shape index (κ3) is 4.89. The van der Waals surface area contributed by atoms with Gasteiger partial charge in [0.05, 0.1) is 15.6 Å². The van der Waals surface area contributed by atoms with Crippen LogP contribution in [0.2, 0.25) is 5.02 Å². The number of nitro benzene ring substituents is 1. The highest BCUT2D eigenvalue weighted by Gasteiger charge is 2.34. The Bertz CT molecular complexity index is 1280. The molecule has 0 aliphatic carbocycles. The maximum Gasteiger partial charge on any atom is 0.313 e. The Morgan fingerprint density at radius 2 is 1.79 bits per heavy atom. The Kier molecular flexibility index (Phi) is 6.43. The summed E-state index contributed by atoms with van der Waals surface area (Å²) in [5, 5.41) is 12.8. The van der Waals surface area contributed by atoms with E-state index < -0.39 is 16.7 Å². The quantitative estimate of drug-likeness (QED) is 0.209. The molecule has 0 bridgehead atoms. The maximum atomic E-state index is 12.8. The van der Waals surface area contributed by atoms with Crippen LogP contribution in [0.25, 0.3) is 6.08 Å². The number of benzene rings is 3. The smallest absolute Gasteiger partial charge is 0.313 e. The predicted octanol–water partition coefficient (Wildman–Crippen LogP) is 5.05. The summed E-state index contributed by atoms with van der Waals surface area (Å²) in [5.41, 5.74) is 3.43. The Labute approximate surface area is 201 Å². The lowest BCUT2D eigenvalue weighted by atomic mass is 10.1. The van der Waals surface area contributed by atoms with Crippen molar-refractivity contribution in [3.05, 3.63) is 103 Å². The monoisotopic (exact) mass is 527 g/mol. The summed E-state index contributed by atoms with van der Waals surface area (Å²) in [6.07, 6.45) is 1.26.